The summed E-state index contributed by atoms with van der Waals surface area (Å²) in [6.45, 7) is 12.3. The SMILES string of the molecule is CCN(CC)C(C)(C)C(O)Cc1ccc(C)cc1Cl. The third-order valence-corrected chi connectivity index (χ3v) is 4.37. The summed E-state index contributed by atoms with van der Waals surface area (Å²) < 4.78 is 0. The Morgan fingerprint density at radius 1 is 1.26 bits per heavy atom. The van der Waals surface area contributed by atoms with E-state index in [1.165, 1.54) is 0 Å². The number of hydrogen-bond acceptors (Lipinski definition) is 2. The summed E-state index contributed by atoms with van der Waals surface area (Å²) in [6, 6.07) is 6.01. The second-order valence-corrected chi connectivity index (χ2v) is 6.05. The molecule has 2 nitrogen and oxygen atoms in total. The molecule has 1 atom stereocenters. The van der Waals surface area contributed by atoms with Gasteiger partial charge in [0, 0.05) is 17.0 Å². The van der Waals surface area contributed by atoms with Gasteiger partial charge in [-0.15, -0.1) is 0 Å². The molecule has 0 aliphatic heterocycles. The van der Waals surface area contributed by atoms with Crippen molar-refractivity contribution in [1.82, 2.24) is 4.90 Å². The predicted molar refractivity (Wildman–Crippen MR) is 82.9 cm³/mol. The number of nitrogens with zero attached hydrogens (tertiary/aromatic N) is 1. The van der Waals surface area contributed by atoms with Crippen molar-refractivity contribution in [3.63, 3.8) is 0 Å². The third kappa shape index (κ3) is 3.95. The van der Waals surface area contributed by atoms with Crippen LogP contribution >= 0.6 is 11.6 Å². The second-order valence-electron chi connectivity index (χ2n) is 5.64. The molecule has 0 spiro atoms. The Bertz CT molecular complexity index is 413. The Morgan fingerprint density at radius 2 is 1.84 bits per heavy atom. The molecule has 0 aliphatic rings. The molecule has 0 heterocycles. The van der Waals surface area contributed by atoms with E-state index in [0.717, 1.165) is 29.2 Å². The lowest BCUT2D eigenvalue weighted by molar-refractivity contribution is -0.00414. The Hall–Kier alpha value is -0.570. The molecule has 0 saturated carbocycles. The molecule has 19 heavy (non-hydrogen) atoms. The number of hydrogen-bond donors (Lipinski definition) is 1. The number of aliphatic hydroxyl groups is 1. The number of likely N-dealkylation sites (N-methyl/N-ethyl adjacent to an activating group) is 1. The molecular weight excluding hydrogens is 258 g/mol. The summed E-state index contributed by atoms with van der Waals surface area (Å²) in [5, 5.41) is 11.3. The van der Waals surface area contributed by atoms with E-state index in [1.807, 2.05) is 25.1 Å². The van der Waals surface area contributed by atoms with Gasteiger partial charge < -0.3 is 5.11 Å². The zero-order valence-corrected chi connectivity index (χ0v) is 13.5. The molecule has 1 N–H and O–H groups in total. The first-order valence-electron chi connectivity index (χ1n) is 7.01. The van der Waals surface area contributed by atoms with Crippen LogP contribution in [0.2, 0.25) is 5.02 Å². The fourth-order valence-electron chi connectivity index (χ4n) is 2.53. The van der Waals surface area contributed by atoms with E-state index in [4.69, 9.17) is 11.6 Å². The highest BCUT2D eigenvalue weighted by atomic mass is 35.5. The summed E-state index contributed by atoms with van der Waals surface area (Å²) >= 11 is 6.25. The first kappa shape index (κ1) is 16.5. The fourth-order valence-corrected chi connectivity index (χ4v) is 2.84. The van der Waals surface area contributed by atoms with Crippen LogP contribution < -0.4 is 0 Å². The van der Waals surface area contributed by atoms with Gasteiger partial charge in [-0.25, -0.2) is 0 Å². The van der Waals surface area contributed by atoms with Crippen LogP contribution in [-0.2, 0) is 6.42 Å². The molecule has 1 aromatic carbocycles. The van der Waals surface area contributed by atoms with Gasteiger partial charge in [-0.1, -0.05) is 37.6 Å². The minimum atomic E-state index is -0.437. The molecule has 0 fully saturated rings. The van der Waals surface area contributed by atoms with Crippen LogP contribution in [0.3, 0.4) is 0 Å². The maximum Gasteiger partial charge on any atom is 0.0759 e. The molecule has 1 unspecified atom stereocenters. The minimum Gasteiger partial charge on any atom is -0.391 e. The fraction of sp³-hybridized carbons (Fsp3) is 0.625. The zero-order chi connectivity index (χ0) is 14.6. The van der Waals surface area contributed by atoms with Crippen LogP contribution in [-0.4, -0.2) is 34.7 Å². The highest BCUT2D eigenvalue weighted by molar-refractivity contribution is 6.31. The standard InChI is InChI=1S/C16H26ClNO/c1-6-18(7-2)16(4,5)15(19)11-13-9-8-12(3)10-14(13)17/h8-10,15,19H,6-7,11H2,1-5H3. The maximum absolute atomic E-state index is 10.6. The van der Waals surface area contributed by atoms with Gasteiger partial charge in [0.1, 0.15) is 0 Å². The van der Waals surface area contributed by atoms with Gasteiger partial charge in [0.25, 0.3) is 0 Å². The number of rotatable bonds is 6. The average molecular weight is 284 g/mol. The van der Waals surface area contributed by atoms with Crippen molar-refractivity contribution < 1.29 is 5.11 Å². The zero-order valence-electron chi connectivity index (χ0n) is 12.7. The topological polar surface area (TPSA) is 23.5 Å². The molecule has 108 valence electrons. The second kappa shape index (κ2) is 6.74. The predicted octanol–water partition coefficient (Wildman–Crippen LogP) is 3.67. The van der Waals surface area contributed by atoms with Crippen LogP contribution in [0, 0.1) is 6.92 Å². The summed E-state index contributed by atoms with van der Waals surface area (Å²) in [4.78, 5) is 2.28. The Labute approximate surface area is 122 Å². The lowest BCUT2D eigenvalue weighted by Gasteiger charge is -2.41. The van der Waals surface area contributed by atoms with Gasteiger partial charge in [0.15, 0.2) is 0 Å². The average Bonchev–Trinajstić information content (AvgIpc) is 2.33. The van der Waals surface area contributed by atoms with E-state index < -0.39 is 6.10 Å². The van der Waals surface area contributed by atoms with Crippen molar-refractivity contribution in [2.45, 2.75) is 52.7 Å². The minimum absolute atomic E-state index is 0.252. The van der Waals surface area contributed by atoms with Crippen LogP contribution in [0.4, 0.5) is 0 Å². The van der Waals surface area contributed by atoms with Gasteiger partial charge in [-0.3, -0.25) is 4.90 Å². The van der Waals surface area contributed by atoms with Crippen molar-refractivity contribution in [2.75, 3.05) is 13.1 Å². The molecule has 0 saturated heterocycles. The molecule has 1 aromatic rings. The highest BCUT2D eigenvalue weighted by Crippen LogP contribution is 2.25. The first-order chi connectivity index (χ1) is 8.82. The smallest absolute Gasteiger partial charge is 0.0759 e. The van der Waals surface area contributed by atoms with Crippen molar-refractivity contribution >= 4 is 11.6 Å². The Morgan fingerprint density at radius 3 is 2.32 bits per heavy atom. The van der Waals surface area contributed by atoms with Gasteiger partial charge in [0.05, 0.1) is 6.10 Å². The molecule has 3 heteroatoms. The van der Waals surface area contributed by atoms with Gasteiger partial charge in [0.2, 0.25) is 0 Å². The lowest BCUT2D eigenvalue weighted by atomic mass is 9.89. The molecule has 0 radical (unpaired) electrons. The van der Waals surface area contributed by atoms with E-state index in [2.05, 4.69) is 32.6 Å². The van der Waals surface area contributed by atoms with Gasteiger partial charge >= 0.3 is 0 Å². The third-order valence-electron chi connectivity index (χ3n) is 4.02. The molecule has 0 aliphatic carbocycles. The normalized spacial score (nSPS) is 13.9. The number of aryl methyl sites for hydroxylation is 1. The first-order valence-corrected chi connectivity index (χ1v) is 7.38. The summed E-state index contributed by atoms with van der Waals surface area (Å²) in [7, 11) is 0. The molecular formula is C16H26ClNO. The molecule has 0 amide bonds. The van der Waals surface area contributed by atoms with Crippen LogP contribution in [0.25, 0.3) is 0 Å². The largest absolute Gasteiger partial charge is 0.391 e. The van der Waals surface area contributed by atoms with E-state index in [-0.39, 0.29) is 5.54 Å². The molecule has 1 rings (SSSR count). The summed E-state index contributed by atoms with van der Waals surface area (Å²) in [5.74, 6) is 0. The number of benzene rings is 1. The van der Waals surface area contributed by atoms with E-state index >= 15 is 0 Å². The van der Waals surface area contributed by atoms with Crippen LogP contribution in [0.5, 0.6) is 0 Å². The Balaban J connectivity index is 2.86. The monoisotopic (exact) mass is 283 g/mol. The van der Waals surface area contributed by atoms with Gasteiger partial charge in [-0.2, -0.15) is 0 Å². The van der Waals surface area contributed by atoms with Crippen molar-refractivity contribution in [1.29, 1.82) is 0 Å². The summed E-state index contributed by atoms with van der Waals surface area (Å²) in [5.41, 5.74) is 1.91. The van der Waals surface area contributed by atoms with Gasteiger partial charge in [-0.05, 0) is 51.1 Å². The van der Waals surface area contributed by atoms with Crippen molar-refractivity contribution in [3.05, 3.63) is 34.3 Å². The number of halogens is 1. The van der Waals surface area contributed by atoms with Crippen molar-refractivity contribution in [2.24, 2.45) is 0 Å². The van der Waals surface area contributed by atoms with Crippen LogP contribution in [0.15, 0.2) is 18.2 Å². The van der Waals surface area contributed by atoms with E-state index in [9.17, 15) is 5.11 Å². The van der Waals surface area contributed by atoms with Crippen molar-refractivity contribution in [3.8, 4) is 0 Å². The summed E-state index contributed by atoms with van der Waals surface area (Å²) in [6.07, 6.45) is 0.149. The highest BCUT2D eigenvalue weighted by Gasteiger charge is 2.32. The Kier molecular flexibility index (Phi) is 5.84. The van der Waals surface area contributed by atoms with Crippen LogP contribution in [0.1, 0.15) is 38.8 Å². The van der Waals surface area contributed by atoms with E-state index in [1.54, 1.807) is 0 Å². The number of aliphatic hydroxyl groups excluding tert-OH is 1. The molecule has 0 bridgehead atoms. The maximum atomic E-state index is 10.6. The lowest BCUT2D eigenvalue weighted by Crippen LogP contribution is -2.53. The molecule has 0 aromatic heterocycles. The van der Waals surface area contributed by atoms with E-state index in [0.29, 0.717) is 6.42 Å². The quantitative estimate of drug-likeness (QED) is 0.861.